The molecule has 1 aromatic rings. The fourth-order valence-electron chi connectivity index (χ4n) is 1.35. The molecule has 2 N–H and O–H groups in total. The first-order valence-electron chi connectivity index (χ1n) is 5.11. The molecule has 0 saturated carbocycles. The van der Waals surface area contributed by atoms with Gasteiger partial charge in [0.15, 0.2) is 0 Å². The summed E-state index contributed by atoms with van der Waals surface area (Å²) in [5, 5.41) is 12.3. The molecule has 0 amide bonds. The molecule has 5 nitrogen and oxygen atoms in total. The number of rotatable bonds is 7. The fraction of sp³-hybridized carbons (Fsp3) is 0.545. The Labute approximate surface area is 95.4 Å². The van der Waals surface area contributed by atoms with Gasteiger partial charge in [-0.2, -0.15) is 0 Å². The summed E-state index contributed by atoms with van der Waals surface area (Å²) in [7, 11) is 3.28. The van der Waals surface area contributed by atoms with E-state index >= 15 is 0 Å². The van der Waals surface area contributed by atoms with Crippen LogP contribution in [0.15, 0.2) is 18.5 Å². The molecular weight excluding hydrogens is 208 g/mol. The third-order valence-corrected chi connectivity index (χ3v) is 2.28. The number of hydrogen-bond acceptors (Lipinski definition) is 5. The van der Waals surface area contributed by atoms with E-state index in [4.69, 9.17) is 14.6 Å². The highest BCUT2D eigenvalue weighted by Gasteiger charge is 2.07. The average molecular weight is 226 g/mol. The first-order chi connectivity index (χ1) is 7.81. The van der Waals surface area contributed by atoms with E-state index in [1.807, 2.05) is 6.07 Å². The van der Waals surface area contributed by atoms with Crippen LogP contribution in [0.4, 0.5) is 5.69 Å². The molecule has 0 radical (unpaired) electrons. The summed E-state index contributed by atoms with van der Waals surface area (Å²) < 4.78 is 10.2. The fourth-order valence-corrected chi connectivity index (χ4v) is 1.35. The first-order valence-corrected chi connectivity index (χ1v) is 5.11. The van der Waals surface area contributed by atoms with Crippen LogP contribution in [0.3, 0.4) is 0 Å². The molecular formula is C11H18N2O3. The maximum absolute atomic E-state index is 9.11. The average Bonchev–Trinajstić information content (AvgIpc) is 2.34. The Morgan fingerprint density at radius 2 is 2.31 bits per heavy atom. The van der Waals surface area contributed by atoms with Crippen LogP contribution in [0.5, 0.6) is 0 Å². The number of anilines is 1. The van der Waals surface area contributed by atoms with Gasteiger partial charge in [0.25, 0.3) is 0 Å². The summed E-state index contributed by atoms with van der Waals surface area (Å²) >= 11 is 0. The van der Waals surface area contributed by atoms with Gasteiger partial charge in [-0.15, -0.1) is 0 Å². The second-order valence-corrected chi connectivity index (χ2v) is 3.38. The maximum atomic E-state index is 9.11. The van der Waals surface area contributed by atoms with Crippen molar-refractivity contribution < 1.29 is 14.6 Å². The minimum absolute atomic E-state index is 0.00953. The minimum Gasteiger partial charge on any atom is -0.392 e. The molecule has 5 heteroatoms. The number of nitrogens with zero attached hydrogens (tertiary/aromatic N) is 1. The molecule has 0 aliphatic heterocycles. The summed E-state index contributed by atoms with van der Waals surface area (Å²) in [5.41, 5.74) is 1.64. The van der Waals surface area contributed by atoms with Crippen LogP contribution < -0.4 is 5.32 Å². The second-order valence-electron chi connectivity index (χ2n) is 3.38. The molecule has 1 unspecified atom stereocenters. The Morgan fingerprint density at radius 1 is 1.50 bits per heavy atom. The zero-order chi connectivity index (χ0) is 11.8. The van der Waals surface area contributed by atoms with E-state index in [0.29, 0.717) is 13.2 Å². The van der Waals surface area contributed by atoms with Gasteiger partial charge in [0, 0.05) is 44.4 Å². The van der Waals surface area contributed by atoms with Crippen LogP contribution in [0.2, 0.25) is 0 Å². The predicted molar refractivity (Wildman–Crippen MR) is 61.3 cm³/mol. The molecule has 16 heavy (non-hydrogen) atoms. The highest BCUT2D eigenvalue weighted by atomic mass is 16.5. The van der Waals surface area contributed by atoms with Gasteiger partial charge < -0.3 is 19.9 Å². The van der Waals surface area contributed by atoms with E-state index in [-0.39, 0.29) is 12.7 Å². The van der Waals surface area contributed by atoms with Gasteiger partial charge in [0.05, 0.1) is 19.3 Å². The Balaban J connectivity index is 2.52. The Morgan fingerprint density at radius 3 is 2.94 bits per heavy atom. The van der Waals surface area contributed by atoms with Gasteiger partial charge in [0.1, 0.15) is 0 Å². The minimum atomic E-state index is -0.0297. The van der Waals surface area contributed by atoms with Crippen molar-refractivity contribution in [2.75, 3.05) is 32.7 Å². The SMILES string of the molecule is COCC(CNc1ccncc1CO)OC. The summed E-state index contributed by atoms with van der Waals surface area (Å²) in [6.07, 6.45) is 3.31. The van der Waals surface area contributed by atoms with Crippen molar-refractivity contribution in [2.24, 2.45) is 0 Å². The number of aliphatic hydroxyl groups is 1. The predicted octanol–water partition coefficient (Wildman–Crippen LogP) is 0.647. The van der Waals surface area contributed by atoms with Crippen LogP contribution in [-0.4, -0.2) is 43.6 Å². The number of methoxy groups -OCH3 is 2. The molecule has 1 aromatic heterocycles. The van der Waals surface area contributed by atoms with E-state index in [0.717, 1.165) is 11.3 Å². The summed E-state index contributed by atoms with van der Waals surface area (Å²) in [6.45, 7) is 1.13. The van der Waals surface area contributed by atoms with E-state index in [1.165, 1.54) is 0 Å². The van der Waals surface area contributed by atoms with Gasteiger partial charge >= 0.3 is 0 Å². The van der Waals surface area contributed by atoms with E-state index in [1.54, 1.807) is 26.6 Å². The van der Waals surface area contributed by atoms with Crippen LogP contribution in [0, 0.1) is 0 Å². The molecule has 0 aliphatic carbocycles. The second kappa shape index (κ2) is 7.16. The number of nitrogens with one attached hydrogen (secondary N) is 1. The Hall–Kier alpha value is -1.17. The van der Waals surface area contributed by atoms with Crippen molar-refractivity contribution in [1.29, 1.82) is 0 Å². The lowest BCUT2D eigenvalue weighted by Crippen LogP contribution is -2.26. The highest BCUT2D eigenvalue weighted by Crippen LogP contribution is 2.13. The molecule has 0 fully saturated rings. The molecule has 90 valence electrons. The van der Waals surface area contributed by atoms with Gasteiger partial charge in [-0.1, -0.05) is 0 Å². The molecule has 0 bridgehead atoms. The molecule has 0 aromatic carbocycles. The number of hydrogen-bond donors (Lipinski definition) is 2. The third kappa shape index (κ3) is 3.77. The lowest BCUT2D eigenvalue weighted by molar-refractivity contribution is 0.0365. The summed E-state index contributed by atoms with van der Waals surface area (Å²) in [6, 6.07) is 1.82. The summed E-state index contributed by atoms with van der Waals surface area (Å²) in [4.78, 5) is 3.94. The van der Waals surface area contributed by atoms with Crippen LogP contribution >= 0.6 is 0 Å². The van der Waals surface area contributed by atoms with Gasteiger partial charge in [-0.05, 0) is 6.07 Å². The van der Waals surface area contributed by atoms with Crippen molar-refractivity contribution in [3.8, 4) is 0 Å². The quantitative estimate of drug-likeness (QED) is 0.714. The zero-order valence-electron chi connectivity index (χ0n) is 9.64. The smallest absolute Gasteiger partial charge is 0.0976 e. The van der Waals surface area contributed by atoms with E-state index < -0.39 is 0 Å². The number of aromatic nitrogens is 1. The van der Waals surface area contributed by atoms with Crippen molar-refractivity contribution in [1.82, 2.24) is 4.98 Å². The van der Waals surface area contributed by atoms with Gasteiger partial charge in [0.2, 0.25) is 0 Å². The van der Waals surface area contributed by atoms with E-state index in [2.05, 4.69) is 10.3 Å². The topological polar surface area (TPSA) is 63.6 Å². The lowest BCUT2D eigenvalue weighted by atomic mass is 10.2. The first kappa shape index (κ1) is 12.9. The van der Waals surface area contributed by atoms with Crippen molar-refractivity contribution in [3.63, 3.8) is 0 Å². The van der Waals surface area contributed by atoms with Crippen LogP contribution in [0.1, 0.15) is 5.56 Å². The number of pyridine rings is 1. The third-order valence-electron chi connectivity index (χ3n) is 2.28. The summed E-state index contributed by atoms with van der Waals surface area (Å²) in [5.74, 6) is 0. The zero-order valence-corrected chi connectivity index (χ0v) is 9.64. The lowest BCUT2D eigenvalue weighted by Gasteiger charge is -2.17. The Bertz CT molecular complexity index is 307. The van der Waals surface area contributed by atoms with Crippen LogP contribution in [0.25, 0.3) is 0 Å². The monoisotopic (exact) mass is 226 g/mol. The largest absolute Gasteiger partial charge is 0.392 e. The van der Waals surface area contributed by atoms with Crippen molar-refractivity contribution in [3.05, 3.63) is 24.0 Å². The molecule has 0 aliphatic rings. The molecule has 1 atom stereocenters. The molecule has 0 spiro atoms. The molecule has 0 saturated heterocycles. The molecule has 1 heterocycles. The van der Waals surface area contributed by atoms with Gasteiger partial charge in [-0.3, -0.25) is 4.98 Å². The van der Waals surface area contributed by atoms with Crippen LogP contribution in [-0.2, 0) is 16.1 Å². The standard InChI is InChI=1S/C11H18N2O3/c1-15-8-10(16-2)6-13-11-3-4-12-5-9(11)7-14/h3-5,10,14H,6-8H2,1-2H3,(H,12,13). The van der Waals surface area contributed by atoms with E-state index in [9.17, 15) is 0 Å². The van der Waals surface area contributed by atoms with Crippen molar-refractivity contribution in [2.45, 2.75) is 12.7 Å². The highest BCUT2D eigenvalue weighted by molar-refractivity contribution is 5.49. The maximum Gasteiger partial charge on any atom is 0.0976 e. The Kier molecular flexibility index (Phi) is 5.77. The molecule has 1 rings (SSSR count). The van der Waals surface area contributed by atoms with Crippen molar-refractivity contribution >= 4 is 5.69 Å². The number of aliphatic hydroxyl groups excluding tert-OH is 1. The normalized spacial score (nSPS) is 12.4. The number of ether oxygens (including phenoxy) is 2. The van der Waals surface area contributed by atoms with Gasteiger partial charge in [-0.25, -0.2) is 0 Å².